The van der Waals surface area contributed by atoms with Gasteiger partial charge in [-0.05, 0) is 67.6 Å². The van der Waals surface area contributed by atoms with Crippen molar-refractivity contribution in [2.75, 3.05) is 17.7 Å². The van der Waals surface area contributed by atoms with Crippen LogP contribution in [0, 0.1) is 5.82 Å². The number of amides is 1. The van der Waals surface area contributed by atoms with Gasteiger partial charge in [-0.25, -0.2) is 4.39 Å². The molecule has 0 fully saturated rings. The van der Waals surface area contributed by atoms with E-state index in [1.54, 1.807) is 16.6 Å². The number of halogens is 1. The molecule has 0 spiro atoms. The summed E-state index contributed by atoms with van der Waals surface area (Å²) >= 11 is 1.29. The smallest absolute Gasteiger partial charge is 0.234 e. The van der Waals surface area contributed by atoms with E-state index < -0.39 is 0 Å². The second-order valence-corrected chi connectivity index (χ2v) is 7.26. The first-order valence-electron chi connectivity index (χ1n) is 9.26. The lowest BCUT2D eigenvalue weighted by Crippen LogP contribution is -2.14. The number of fused-ring (bicyclic) bond motifs is 1. The van der Waals surface area contributed by atoms with E-state index in [0.29, 0.717) is 28.8 Å². The van der Waals surface area contributed by atoms with Gasteiger partial charge in [0, 0.05) is 11.3 Å². The third-order valence-electron chi connectivity index (χ3n) is 4.14. The van der Waals surface area contributed by atoms with Crippen LogP contribution in [-0.4, -0.2) is 38.1 Å². The Balaban J connectivity index is 1.47. The van der Waals surface area contributed by atoms with E-state index in [1.807, 2.05) is 31.2 Å². The molecule has 0 unspecified atom stereocenters. The predicted molar refractivity (Wildman–Crippen MR) is 113 cm³/mol. The number of nitrogens with one attached hydrogen (secondary N) is 1. The van der Waals surface area contributed by atoms with Crippen LogP contribution >= 0.6 is 11.8 Å². The summed E-state index contributed by atoms with van der Waals surface area (Å²) in [7, 11) is 0. The normalized spacial score (nSPS) is 10.9. The van der Waals surface area contributed by atoms with Crippen LogP contribution in [-0.2, 0) is 4.79 Å². The van der Waals surface area contributed by atoms with Gasteiger partial charge in [0.1, 0.15) is 16.6 Å². The van der Waals surface area contributed by atoms with Crippen molar-refractivity contribution in [1.29, 1.82) is 0 Å². The Kier molecular flexibility index (Phi) is 5.89. The molecule has 1 N–H and O–H groups in total. The highest BCUT2D eigenvalue weighted by Crippen LogP contribution is 2.23. The fraction of sp³-hybridized carbons (Fsp3) is 0.143. The largest absolute Gasteiger partial charge is 0.494 e. The van der Waals surface area contributed by atoms with Crippen molar-refractivity contribution in [3.05, 3.63) is 66.5 Å². The molecule has 0 aliphatic carbocycles. The number of nitrogens with zero attached hydrogens (tertiary/aromatic N) is 4. The molecule has 0 bridgehead atoms. The van der Waals surface area contributed by atoms with Gasteiger partial charge in [-0.2, -0.15) is 9.61 Å². The van der Waals surface area contributed by atoms with Gasteiger partial charge >= 0.3 is 0 Å². The lowest BCUT2D eigenvalue weighted by molar-refractivity contribution is -0.113. The molecule has 152 valence electrons. The van der Waals surface area contributed by atoms with Crippen LogP contribution < -0.4 is 10.1 Å². The van der Waals surface area contributed by atoms with Gasteiger partial charge < -0.3 is 10.1 Å². The summed E-state index contributed by atoms with van der Waals surface area (Å²) in [5.41, 5.74) is 2.01. The summed E-state index contributed by atoms with van der Waals surface area (Å²) in [4.78, 5) is 12.2. The average molecular weight is 423 g/mol. The molecule has 4 rings (SSSR count). The van der Waals surface area contributed by atoms with Gasteiger partial charge in [0.25, 0.3) is 0 Å². The first kappa shape index (κ1) is 19.8. The number of hydrogen-bond acceptors (Lipinski definition) is 6. The summed E-state index contributed by atoms with van der Waals surface area (Å²) in [5, 5.41) is 16.3. The lowest BCUT2D eigenvalue weighted by atomic mass is 10.2. The zero-order valence-electron chi connectivity index (χ0n) is 16.1. The van der Waals surface area contributed by atoms with Crippen molar-refractivity contribution in [3.63, 3.8) is 0 Å². The Morgan fingerprint density at radius 3 is 2.57 bits per heavy atom. The molecule has 0 aliphatic rings. The Hall–Kier alpha value is -3.46. The van der Waals surface area contributed by atoms with Crippen molar-refractivity contribution in [2.24, 2.45) is 0 Å². The summed E-state index contributed by atoms with van der Waals surface area (Å²) in [5.74, 6) is 0.995. The number of aromatic nitrogens is 4. The van der Waals surface area contributed by atoms with Gasteiger partial charge in [0.15, 0.2) is 11.5 Å². The van der Waals surface area contributed by atoms with Crippen LogP contribution in [0.25, 0.3) is 17.0 Å². The van der Waals surface area contributed by atoms with Gasteiger partial charge in [-0.15, -0.1) is 10.2 Å². The maximum atomic E-state index is 13.0. The van der Waals surface area contributed by atoms with E-state index in [4.69, 9.17) is 4.74 Å². The molecule has 0 saturated heterocycles. The fourth-order valence-corrected chi connectivity index (χ4v) is 3.42. The molecule has 9 heteroatoms. The molecule has 2 aromatic heterocycles. The molecular formula is C21H18FN5O2S. The zero-order valence-corrected chi connectivity index (χ0v) is 16.9. The monoisotopic (exact) mass is 423 g/mol. The Labute approximate surface area is 176 Å². The second-order valence-electron chi connectivity index (χ2n) is 6.27. The number of anilines is 1. The molecular weight excluding hydrogens is 405 g/mol. The molecule has 0 atom stereocenters. The quantitative estimate of drug-likeness (QED) is 0.452. The third-order valence-corrected chi connectivity index (χ3v) is 5.06. The zero-order chi connectivity index (χ0) is 20.9. The molecule has 30 heavy (non-hydrogen) atoms. The predicted octanol–water partition coefficient (Wildman–Crippen LogP) is 4.06. The maximum absolute atomic E-state index is 13.0. The van der Waals surface area contributed by atoms with Crippen LogP contribution in [0.15, 0.2) is 65.7 Å². The third kappa shape index (κ3) is 4.57. The van der Waals surface area contributed by atoms with Crippen molar-refractivity contribution in [2.45, 2.75) is 11.9 Å². The van der Waals surface area contributed by atoms with E-state index in [2.05, 4.69) is 20.6 Å². The molecule has 2 heterocycles. The number of carbonyl (C=O) groups excluding carboxylic acids is 1. The molecule has 0 radical (unpaired) electrons. The SMILES string of the molecule is CCOc1ccc(-c2nnc3ccc(SCC(=O)Nc4ccc(F)cc4)nn23)cc1. The van der Waals surface area contributed by atoms with Crippen LogP contribution in [0.3, 0.4) is 0 Å². The Bertz CT molecular complexity index is 1160. The molecule has 7 nitrogen and oxygen atoms in total. The van der Waals surface area contributed by atoms with Crippen molar-refractivity contribution >= 4 is 29.0 Å². The molecule has 0 aliphatic heterocycles. The summed E-state index contributed by atoms with van der Waals surface area (Å²) in [6.07, 6.45) is 0. The number of carbonyl (C=O) groups is 1. The minimum absolute atomic E-state index is 0.163. The van der Waals surface area contributed by atoms with E-state index >= 15 is 0 Å². The standard InChI is InChI=1S/C21H18FN5O2S/c1-2-29-17-9-3-14(4-10-17)21-25-24-18-11-12-20(26-27(18)21)30-13-19(28)23-16-7-5-15(22)6-8-16/h3-12H,2,13H2,1H3,(H,23,28). The topological polar surface area (TPSA) is 81.4 Å². The first-order valence-corrected chi connectivity index (χ1v) is 10.2. The highest BCUT2D eigenvalue weighted by Gasteiger charge is 2.12. The van der Waals surface area contributed by atoms with E-state index in [0.717, 1.165) is 11.3 Å². The van der Waals surface area contributed by atoms with E-state index in [-0.39, 0.29) is 17.5 Å². The molecule has 4 aromatic rings. The number of rotatable bonds is 7. The molecule has 0 saturated carbocycles. The Morgan fingerprint density at radius 1 is 1.07 bits per heavy atom. The Morgan fingerprint density at radius 2 is 1.83 bits per heavy atom. The number of ether oxygens (including phenoxy) is 1. The minimum atomic E-state index is -0.350. The second kappa shape index (κ2) is 8.91. The van der Waals surface area contributed by atoms with Gasteiger partial charge in [-0.1, -0.05) is 11.8 Å². The highest BCUT2D eigenvalue weighted by atomic mass is 32.2. The van der Waals surface area contributed by atoms with Crippen molar-refractivity contribution < 1.29 is 13.9 Å². The maximum Gasteiger partial charge on any atom is 0.234 e. The van der Waals surface area contributed by atoms with Gasteiger partial charge in [-0.3, -0.25) is 4.79 Å². The highest BCUT2D eigenvalue weighted by molar-refractivity contribution is 7.99. The van der Waals surface area contributed by atoms with E-state index in [9.17, 15) is 9.18 Å². The molecule has 1 amide bonds. The van der Waals surface area contributed by atoms with Crippen LogP contribution in [0.5, 0.6) is 5.75 Å². The van der Waals surface area contributed by atoms with Gasteiger partial charge in [0.05, 0.1) is 12.4 Å². The van der Waals surface area contributed by atoms with E-state index in [1.165, 1.54) is 36.0 Å². The van der Waals surface area contributed by atoms with Crippen LogP contribution in [0.4, 0.5) is 10.1 Å². The summed E-state index contributed by atoms with van der Waals surface area (Å²) in [6.45, 7) is 2.53. The summed E-state index contributed by atoms with van der Waals surface area (Å²) in [6, 6.07) is 16.8. The summed E-state index contributed by atoms with van der Waals surface area (Å²) < 4.78 is 20.1. The molecule has 2 aromatic carbocycles. The van der Waals surface area contributed by atoms with Crippen LogP contribution in [0.2, 0.25) is 0 Å². The fourth-order valence-electron chi connectivity index (χ4n) is 2.77. The average Bonchev–Trinajstić information content (AvgIpc) is 3.18. The van der Waals surface area contributed by atoms with Crippen LogP contribution in [0.1, 0.15) is 6.92 Å². The van der Waals surface area contributed by atoms with Gasteiger partial charge in [0.2, 0.25) is 5.91 Å². The van der Waals surface area contributed by atoms with Crippen molar-refractivity contribution in [1.82, 2.24) is 19.8 Å². The number of thioether (sulfide) groups is 1. The van der Waals surface area contributed by atoms with Crippen molar-refractivity contribution in [3.8, 4) is 17.1 Å². The first-order chi connectivity index (χ1) is 14.6. The number of benzene rings is 2. The number of hydrogen-bond donors (Lipinski definition) is 1. The minimum Gasteiger partial charge on any atom is -0.494 e. The lowest BCUT2D eigenvalue weighted by Gasteiger charge is -2.06.